The zero-order valence-electron chi connectivity index (χ0n) is 17.6. The molecule has 0 saturated carbocycles. The second-order valence-corrected chi connectivity index (χ2v) is 9.47. The van der Waals surface area contributed by atoms with Crippen LogP contribution in [-0.4, -0.2) is 17.7 Å². The minimum absolute atomic E-state index is 0.317. The van der Waals surface area contributed by atoms with Crippen LogP contribution < -0.4 is 0 Å². The Bertz CT molecular complexity index is 355. The summed E-state index contributed by atoms with van der Waals surface area (Å²) in [7, 11) is -3.32. The maximum atomic E-state index is 11.8. The Kier molecular flexibility index (Phi) is 19.6. The topological polar surface area (TPSA) is 46.5 Å². The van der Waals surface area contributed by atoms with E-state index in [1.165, 1.54) is 70.6 Å². The zero-order valence-corrected chi connectivity index (χ0v) is 18.5. The molecule has 1 N–H and O–H groups in total. The lowest BCUT2D eigenvalue weighted by molar-refractivity contribution is 0.254. The molecule has 0 aliphatic heterocycles. The molecule has 0 bridgehead atoms. The van der Waals surface area contributed by atoms with Gasteiger partial charge in [-0.25, -0.2) is 0 Å². The first-order chi connectivity index (χ1) is 12.6. The molecule has 0 aromatic carbocycles. The van der Waals surface area contributed by atoms with Gasteiger partial charge in [-0.2, -0.15) is 0 Å². The molecule has 3 nitrogen and oxygen atoms in total. The molecule has 0 radical (unpaired) electrons. The minimum atomic E-state index is -3.32. The number of rotatable bonds is 20. The Labute approximate surface area is 163 Å². The first-order valence-electron chi connectivity index (χ1n) is 11.2. The van der Waals surface area contributed by atoms with E-state index in [9.17, 15) is 9.46 Å². The van der Waals surface area contributed by atoms with Gasteiger partial charge in [-0.15, -0.1) is 0 Å². The Morgan fingerprint density at radius 3 is 1.69 bits per heavy atom. The van der Waals surface area contributed by atoms with E-state index in [4.69, 9.17) is 4.52 Å². The summed E-state index contributed by atoms with van der Waals surface area (Å²) in [5, 5.41) is 0. The van der Waals surface area contributed by atoms with E-state index >= 15 is 0 Å². The predicted octanol–water partition coefficient (Wildman–Crippen LogP) is 8.03. The smallest absolute Gasteiger partial charge is 0.324 e. The fourth-order valence-electron chi connectivity index (χ4n) is 2.98. The zero-order chi connectivity index (χ0) is 19.3. The number of hydrogen-bond acceptors (Lipinski definition) is 2. The molecule has 0 rings (SSSR count). The van der Waals surface area contributed by atoms with E-state index in [0.717, 1.165) is 32.1 Å². The van der Waals surface area contributed by atoms with E-state index in [0.29, 0.717) is 12.8 Å². The summed E-state index contributed by atoms with van der Waals surface area (Å²) in [6, 6.07) is 0. The maximum Gasteiger partial charge on any atom is 0.328 e. The van der Waals surface area contributed by atoms with Gasteiger partial charge in [0.15, 0.2) is 0 Å². The van der Waals surface area contributed by atoms with Crippen molar-refractivity contribution in [3.63, 3.8) is 0 Å². The van der Waals surface area contributed by atoms with Gasteiger partial charge in [0.05, 0.1) is 6.61 Å². The van der Waals surface area contributed by atoms with Crippen molar-refractivity contribution in [3.8, 4) is 0 Å². The fourth-order valence-corrected chi connectivity index (χ4v) is 4.14. The largest absolute Gasteiger partial charge is 0.328 e. The SMILES string of the molecule is CCCCCCCC/C=C\CCCCCCCCP(=O)(O)OCCCC. The van der Waals surface area contributed by atoms with Crippen molar-refractivity contribution < 1.29 is 14.0 Å². The minimum Gasteiger partial charge on any atom is -0.324 e. The lowest BCUT2D eigenvalue weighted by Crippen LogP contribution is -1.97. The molecule has 26 heavy (non-hydrogen) atoms. The van der Waals surface area contributed by atoms with Crippen LogP contribution >= 0.6 is 7.60 Å². The summed E-state index contributed by atoms with van der Waals surface area (Å²) >= 11 is 0. The Morgan fingerprint density at radius 1 is 0.692 bits per heavy atom. The molecule has 0 spiro atoms. The Morgan fingerprint density at radius 2 is 1.15 bits per heavy atom. The van der Waals surface area contributed by atoms with Crippen molar-refractivity contribution in [2.24, 2.45) is 0 Å². The second kappa shape index (κ2) is 19.6. The summed E-state index contributed by atoms with van der Waals surface area (Å²) in [5.41, 5.74) is 0. The van der Waals surface area contributed by atoms with Crippen LogP contribution in [0.4, 0.5) is 0 Å². The first-order valence-corrected chi connectivity index (χ1v) is 13.0. The van der Waals surface area contributed by atoms with Gasteiger partial charge in [0.2, 0.25) is 0 Å². The van der Waals surface area contributed by atoms with E-state index in [2.05, 4.69) is 26.0 Å². The van der Waals surface area contributed by atoms with Gasteiger partial charge in [-0.3, -0.25) is 4.57 Å². The average molecular weight is 389 g/mol. The fraction of sp³-hybridized carbons (Fsp3) is 0.909. The highest BCUT2D eigenvalue weighted by atomic mass is 31.2. The van der Waals surface area contributed by atoms with Crippen LogP contribution in [0.3, 0.4) is 0 Å². The summed E-state index contributed by atoms with van der Waals surface area (Å²) in [5.74, 6) is 0. The van der Waals surface area contributed by atoms with Gasteiger partial charge in [-0.05, 0) is 38.5 Å². The van der Waals surface area contributed by atoms with Gasteiger partial charge in [0.1, 0.15) is 0 Å². The molecule has 1 atom stereocenters. The van der Waals surface area contributed by atoms with E-state index in [1.54, 1.807) is 0 Å². The van der Waals surface area contributed by atoms with Crippen molar-refractivity contribution in [2.75, 3.05) is 12.8 Å². The highest BCUT2D eigenvalue weighted by Crippen LogP contribution is 2.43. The molecule has 156 valence electrons. The van der Waals surface area contributed by atoms with Crippen molar-refractivity contribution in [1.82, 2.24) is 0 Å². The highest BCUT2D eigenvalue weighted by Gasteiger charge is 2.17. The van der Waals surface area contributed by atoms with Crippen LogP contribution in [0, 0.1) is 0 Å². The highest BCUT2D eigenvalue weighted by molar-refractivity contribution is 7.52. The van der Waals surface area contributed by atoms with Crippen molar-refractivity contribution in [3.05, 3.63) is 12.2 Å². The summed E-state index contributed by atoms with van der Waals surface area (Å²) < 4.78 is 16.9. The maximum absolute atomic E-state index is 11.8. The van der Waals surface area contributed by atoms with Crippen LogP contribution in [0.25, 0.3) is 0 Å². The molecule has 0 saturated heterocycles. The molecule has 0 aliphatic carbocycles. The summed E-state index contributed by atoms with van der Waals surface area (Å²) in [4.78, 5) is 9.68. The van der Waals surface area contributed by atoms with Gasteiger partial charge >= 0.3 is 7.60 Å². The van der Waals surface area contributed by atoms with Gasteiger partial charge in [0, 0.05) is 6.16 Å². The molecule has 0 aliphatic rings. The van der Waals surface area contributed by atoms with E-state index in [1.807, 2.05) is 0 Å². The number of unbranched alkanes of at least 4 members (excludes halogenated alkanes) is 13. The molecule has 0 aromatic heterocycles. The van der Waals surface area contributed by atoms with Crippen LogP contribution in [0.1, 0.15) is 117 Å². The molecule has 0 heterocycles. The second-order valence-electron chi connectivity index (χ2n) is 7.49. The summed E-state index contributed by atoms with van der Waals surface area (Å²) in [6.07, 6.45) is 24.4. The monoisotopic (exact) mass is 388 g/mol. The van der Waals surface area contributed by atoms with Gasteiger partial charge in [-0.1, -0.05) is 90.2 Å². The van der Waals surface area contributed by atoms with Crippen molar-refractivity contribution in [2.45, 2.75) is 117 Å². The molecule has 0 amide bonds. The van der Waals surface area contributed by atoms with Crippen LogP contribution in [0.5, 0.6) is 0 Å². The van der Waals surface area contributed by atoms with Gasteiger partial charge in [0.25, 0.3) is 0 Å². The number of hydrogen-bond donors (Lipinski definition) is 1. The van der Waals surface area contributed by atoms with Crippen molar-refractivity contribution in [1.29, 1.82) is 0 Å². The average Bonchev–Trinajstić information content (AvgIpc) is 2.61. The molecule has 4 heteroatoms. The number of allylic oxidation sites excluding steroid dienone is 2. The lowest BCUT2D eigenvalue weighted by Gasteiger charge is -2.11. The van der Waals surface area contributed by atoms with Crippen LogP contribution in [0.2, 0.25) is 0 Å². The third-order valence-electron chi connectivity index (χ3n) is 4.74. The normalized spacial score (nSPS) is 14.1. The van der Waals surface area contributed by atoms with Crippen LogP contribution in [-0.2, 0) is 9.09 Å². The molecule has 0 aromatic rings. The van der Waals surface area contributed by atoms with Gasteiger partial charge < -0.3 is 9.42 Å². The lowest BCUT2D eigenvalue weighted by atomic mass is 10.1. The first kappa shape index (κ1) is 25.9. The third-order valence-corrected chi connectivity index (χ3v) is 6.21. The van der Waals surface area contributed by atoms with Crippen LogP contribution in [0.15, 0.2) is 12.2 Å². The predicted molar refractivity (Wildman–Crippen MR) is 115 cm³/mol. The molecular weight excluding hydrogens is 343 g/mol. The third kappa shape index (κ3) is 20.2. The molecule has 1 unspecified atom stereocenters. The van der Waals surface area contributed by atoms with Crippen molar-refractivity contribution >= 4 is 7.60 Å². The Hall–Kier alpha value is -0.110. The van der Waals surface area contributed by atoms with E-state index < -0.39 is 7.60 Å². The standard InChI is InChI=1S/C22H45O3P/c1-3-5-7-8-9-10-11-12-13-14-15-16-17-18-19-20-22-26(23,24)25-21-6-4-2/h12-13H,3-11,14-22H2,1-2H3,(H,23,24)/b13-12-. The molecule has 0 fully saturated rings. The molecular formula is C22H45O3P. The quantitative estimate of drug-likeness (QED) is 0.130. The Balaban J connectivity index is 3.28. The summed E-state index contributed by atoms with van der Waals surface area (Å²) in [6.45, 7) is 4.73. The van der Waals surface area contributed by atoms with E-state index in [-0.39, 0.29) is 0 Å².